The lowest BCUT2D eigenvalue weighted by Crippen LogP contribution is -2.20. The normalized spacial score (nSPS) is 10.2. The zero-order valence-corrected chi connectivity index (χ0v) is 11.0. The number of halogens is 3. The zero-order valence-electron chi connectivity index (χ0n) is 10.2. The summed E-state index contributed by atoms with van der Waals surface area (Å²) >= 11 is 5.71. The van der Waals surface area contributed by atoms with Gasteiger partial charge in [0, 0.05) is 16.8 Å². The molecule has 0 aliphatic heterocycles. The summed E-state index contributed by atoms with van der Waals surface area (Å²) in [6.45, 7) is -0.384. The number of ether oxygens (including phenoxy) is 1. The monoisotopic (exact) mass is 297 g/mol. The van der Waals surface area contributed by atoms with Crippen LogP contribution in [0, 0.1) is 11.6 Å². The summed E-state index contributed by atoms with van der Waals surface area (Å²) in [6, 6.07) is 9.36. The smallest absolute Gasteiger partial charge is 0.262 e. The lowest BCUT2D eigenvalue weighted by atomic mass is 10.3. The van der Waals surface area contributed by atoms with Crippen molar-refractivity contribution in [3.8, 4) is 5.75 Å². The standard InChI is InChI=1S/C14H10ClF2NO2/c15-9-1-4-11(5-2-9)18-14(19)8-20-13-6-3-10(16)7-12(13)17/h1-7H,8H2,(H,18,19). The molecule has 0 bridgehead atoms. The maximum Gasteiger partial charge on any atom is 0.262 e. The molecule has 0 saturated carbocycles. The van der Waals surface area contributed by atoms with E-state index in [0.717, 1.165) is 12.1 Å². The van der Waals surface area contributed by atoms with E-state index in [1.165, 1.54) is 0 Å². The number of nitrogens with one attached hydrogen (secondary N) is 1. The van der Waals surface area contributed by atoms with Crippen LogP contribution in [0.25, 0.3) is 0 Å². The number of benzene rings is 2. The van der Waals surface area contributed by atoms with Crippen LogP contribution in [0.1, 0.15) is 0 Å². The lowest BCUT2D eigenvalue weighted by molar-refractivity contribution is -0.118. The van der Waals surface area contributed by atoms with Gasteiger partial charge in [0.05, 0.1) is 0 Å². The minimum absolute atomic E-state index is 0.183. The first-order valence-electron chi connectivity index (χ1n) is 5.68. The minimum Gasteiger partial charge on any atom is -0.481 e. The molecule has 0 aliphatic rings. The van der Waals surface area contributed by atoms with E-state index in [9.17, 15) is 13.6 Å². The van der Waals surface area contributed by atoms with Crippen LogP contribution in [0.5, 0.6) is 5.75 Å². The first-order valence-corrected chi connectivity index (χ1v) is 6.05. The SMILES string of the molecule is O=C(COc1ccc(F)cc1F)Nc1ccc(Cl)cc1. The molecular formula is C14H10ClF2NO2. The Kier molecular flexibility index (Phi) is 4.53. The number of carbonyl (C=O) groups is 1. The van der Waals surface area contributed by atoms with E-state index in [2.05, 4.69) is 5.32 Å². The molecule has 2 aromatic carbocycles. The molecule has 1 N–H and O–H groups in total. The van der Waals surface area contributed by atoms with E-state index in [-0.39, 0.29) is 12.4 Å². The summed E-state index contributed by atoms with van der Waals surface area (Å²) in [5, 5.41) is 3.10. The predicted molar refractivity (Wildman–Crippen MR) is 71.9 cm³/mol. The topological polar surface area (TPSA) is 38.3 Å². The Labute approximate surface area is 119 Å². The number of rotatable bonds is 4. The van der Waals surface area contributed by atoms with Crippen molar-refractivity contribution >= 4 is 23.2 Å². The molecule has 0 saturated heterocycles. The molecule has 0 unspecified atom stereocenters. The molecule has 0 atom stereocenters. The van der Waals surface area contributed by atoms with E-state index in [0.29, 0.717) is 16.8 Å². The van der Waals surface area contributed by atoms with Crippen LogP contribution >= 0.6 is 11.6 Å². The van der Waals surface area contributed by atoms with Gasteiger partial charge in [0.25, 0.3) is 5.91 Å². The van der Waals surface area contributed by atoms with E-state index >= 15 is 0 Å². The van der Waals surface area contributed by atoms with Gasteiger partial charge >= 0.3 is 0 Å². The third kappa shape index (κ3) is 3.93. The van der Waals surface area contributed by atoms with Crippen LogP contribution in [-0.4, -0.2) is 12.5 Å². The highest BCUT2D eigenvalue weighted by Gasteiger charge is 2.08. The summed E-state index contributed by atoms with van der Waals surface area (Å²) in [5.74, 6) is -2.21. The van der Waals surface area contributed by atoms with Crippen molar-refractivity contribution in [1.82, 2.24) is 0 Å². The van der Waals surface area contributed by atoms with Crippen LogP contribution in [-0.2, 0) is 4.79 Å². The first-order chi connectivity index (χ1) is 9.54. The van der Waals surface area contributed by atoms with Gasteiger partial charge in [0.15, 0.2) is 18.2 Å². The molecular weight excluding hydrogens is 288 g/mol. The average molecular weight is 298 g/mol. The van der Waals surface area contributed by atoms with Crippen LogP contribution in [0.2, 0.25) is 5.02 Å². The molecule has 0 heterocycles. The molecule has 3 nitrogen and oxygen atoms in total. The quantitative estimate of drug-likeness (QED) is 0.936. The largest absolute Gasteiger partial charge is 0.481 e. The minimum atomic E-state index is -0.857. The van der Waals surface area contributed by atoms with Crippen molar-refractivity contribution in [2.75, 3.05) is 11.9 Å². The van der Waals surface area contributed by atoms with Gasteiger partial charge in [-0.15, -0.1) is 0 Å². The summed E-state index contributed by atoms with van der Waals surface area (Å²) in [4.78, 5) is 11.6. The molecule has 0 radical (unpaired) electrons. The van der Waals surface area contributed by atoms with Gasteiger partial charge in [0.1, 0.15) is 5.82 Å². The Balaban J connectivity index is 1.90. The summed E-state index contributed by atoms with van der Waals surface area (Å²) < 4.78 is 30.9. The summed E-state index contributed by atoms with van der Waals surface area (Å²) in [6.07, 6.45) is 0. The van der Waals surface area contributed by atoms with Crippen molar-refractivity contribution in [1.29, 1.82) is 0 Å². The second-order valence-electron chi connectivity index (χ2n) is 3.92. The van der Waals surface area contributed by atoms with Crippen LogP contribution in [0.3, 0.4) is 0 Å². The number of amides is 1. The molecule has 2 rings (SSSR count). The summed E-state index contributed by atoms with van der Waals surface area (Å²) in [5.41, 5.74) is 0.544. The van der Waals surface area contributed by atoms with E-state index in [1.54, 1.807) is 24.3 Å². The number of hydrogen-bond donors (Lipinski definition) is 1. The van der Waals surface area contributed by atoms with Gasteiger partial charge in [-0.2, -0.15) is 0 Å². The van der Waals surface area contributed by atoms with Gasteiger partial charge in [-0.1, -0.05) is 11.6 Å². The highest BCUT2D eigenvalue weighted by molar-refractivity contribution is 6.30. The highest BCUT2D eigenvalue weighted by Crippen LogP contribution is 2.18. The van der Waals surface area contributed by atoms with Gasteiger partial charge < -0.3 is 10.1 Å². The average Bonchev–Trinajstić information content (AvgIpc) is 2.40. The third-order valence-electron chi connectivity index (χ3n) is 2.38. The lowest BCUT2D eigenvalue weighted by Gasteiger charge is -2.08. The number of anilines is 1. The maximum absolute atomic E-state index is 13.3. The molecule has 6 heteroatoms. The predicted octanol–water partition coefficient (Wildman–Crippen LogP) is 3.64. The van der Waals surface area contributed by atoms with Gasteiger partial charge in [-0.3, -0.25) is 4.79 Å². The van der Waals surface area contributed by atoms with Gasteiger partial charge in [0.2, 0.25) is 0 Å². The molecule has 0 spiro atoms. The van der Waals surface area contributed by atoms with Crippen molar-refractivity contribution < 1.29 is 18.3 Å². The highest BCUT2D eigenvalue weighted by atomic mass is 35.5. The Hall–Kier alpha value is -2.14. The van der Waals surface area contributed by atoms with Crippen molar-refractivity contribution in [3.63, 3.8) is 0 Å². The maximum atomic E-state index is 13.3. The Bertz CT molecular complexity index is 617. The molecule has 0 aromatic heterocycles. The van der Waals surface area contributed by atoms with Crippen molar-refractivity contribution in [2.45, 2.75) is 0 Å². The Morgan fingerprint density at radius 1 is 1.15 bits per heavy atom. The Morgan fingerprint density at radius 3 is 2.50 bits per heavy atom. The fourth-order valence-electron chi connectivity index (χ4n) is 1.47. The molecule has 20 heavy (non-hydrogen) atoms. The van der Waals surface area contributed by atoms with Gasteiger partial charge in [-0.25, -0.2) is 8.78 Å². The Morgan fingerprint density at radius 2 is 1.85 bits per heavy atom. The van der Waals surface area contributed by atoms with E-state index < -0.39 is 17.5 Å². The second kappa shape index (κ2) is 6.34. The molecule has 2 aromatic rings. The second-order valence-corrected chi connectivity index (χ2v) is 4.35. The van der Waals surface area contributed by atoms with Crippen LogP contribution < -0.4 is 10.1 Å². The fraction of sp³-hybridized carbons (Fsp3) is 0.0714. The zero-order chi connectivity index (χ0) is 14.5. The summed E-state index contributed by atoms with van der Waals surface area (Å²) in [7, 11) is 0. The number of hydrogen-bond acceptors (Lipinski definition) is 2. The van der Waals surface area contributed by atoms with E-state index in [1.807, 2.05) is 0 Å². The third-order valence-corrected chi connectivity index (χ3v) is 2.63. The van der Waals surface area contributed by atoms with Crippen molar-refractivity contribution in [2.24, 2.45) is 0 Å². The van der Waals surface area contributed by atoms with Gasteiger partial charge in [-0.05, 0) is 36.4 Å². The fourth-order valence-corrected chi connectivity index (χ4v) is 1.59. The van der Waals surface area contributed by atoms with Crippen molar-refractivity contribution in [3.05, 3.63) is 59.1 Å². The number of carbonyl (C=O) groups excluding carboxylic acids is 1. The molecule has 1 amide bonds. The molecule has 104 valence electrons. The molecule has 0 aliphatic carbocycles. The first kappa shape index (κ1) is 14.3. The van der Waals surface area contributed by atoms with E-state index in [4.69, 9.17) is 16.3 Å². The van der Waals surface area contributed by atoms with Crippen LogP contribution in [0.4, 0.5) is 14.5 Å². The molecule has 0 fully saturated rings. The van der Waals surface area contributed by atoms with Crippen LogP contribution in [0.15, 0.2) is 42.5 Å².